The number of Topliss-reactive ketones (excluding diaryl/α,β-unsaturated/α-hetero) is 1. The van der Waals surface area contributed by atoms with Gasteiger partial charge in [-0.1, -0.05) is 12.1 Å². The van der Waals surface area contributed by atoms with Crippen LogP contribution in [0.3, 0.4) is 0 Å². The minimum absolute atomic E-state index is 0.0847. The molecule has 3 nitrogen and oxygen atoms in total. The van der Waals surface area contributed by atoms with Crippen LogP contribution in [0.5, 0.6) is 0 Å². The maximum Gasteiger partial charge on any atom is 0.416 e. The van der Waals surface area contributed by atoms with E-state index in [1.807, 2.05) is 0 Å². The number of benzene rings is 1. The number of aliphatic carboxylic acids is 1. The van der Waals surface area contributed by atoms with Gasteiger partial charge in [-0.2, -0.15) is 13.2 Å². The number of carbonyl (C=O) groups excluding carboxylic acids is 1. The lowest BCUT2D eigenvalue weighted by atomic mass is 10.0. The van der Waals surface area contributed by atoms with Crippen molar-refractivity contribution >= 4 is 11.8 Å². The molecule has 1 aliphatic rings. The zero-order chi connectivity index (χ0) is 13.5. The van der Waals surface area contributed by atoms with Gasteiger partial charge in [-0.15, -0.1) is 0 Å². The first-order valence-electron chi connectivity index (χ1n) is 5.25. The molecule has 0 radical (unpaired) electrons. The van der Waals surface area contributed by atoms with Gasteiger partial charge in [0.15, 0.2) is 5.78 Å². The number of alkyl halides is 3. The standard InChI is InChI=1S/C12H9F3O3/c13-12(14,15)7-3-1-2-6(4-7)10(16)8-5-9(8)11(17)18/h1-4,8-9H,5H2,(H,17,18). The normalized spacial score (nSPS) is 22.6. The second kappa shape index (κ2) is 4.12. The van der Waals surface area contributed by atoms with E-state index >= 15 is 0 Å². The first kappa shape index (κ1) is 12.6. The Morgan fingerprint density at radius 3 is 2.39 bits per heavy atom. The predicted octanol–water partition coefficient (Wildman–Crippen LogP) is 2.61. The van der Waals surface area contributed by atoms with Crippen molar-refractivity contribution in [2.45, 2.75) is 12.6 Å². The zero-order valence-corrected chi connectivity index (χ0v) is 9.07. The molecule has 1 aromatic carbocycles. The zero-order valence-electron chi connectivity index (χ0n) is 9.07. The molecule has 1 saturated carbocycles. The molecule has 0 spiro atoms. The molecule has 2 rings (SSSR count). The molecular weight excluding hydrogens is 249 g/mol. The van der Waals surface area contributed by atoms with Gasteiger partial charge in [0.1, 0.15) is 0 Å². The van der Waals surface area contributed by atoms with Crippen molar-refractivity contribution < 1.29 is 27.9 Å². The third kappa shape index (κ3) is 2.37. The smallest absolute Gasteiger partial charge is 0.416 e. The molecule has 0 aromatic heterocycles. The van der Waals surface area contributed by atoms with E-state index in [-0.39, 0.29) is 12.0 Å². The van der Waals surface area contributed by atoms with Gasteiger partial charge in [0.2, 0.25) is 0 Å². The Labute approximate surface area is 100 Å². The predicted molar refractivity (Wildman–Crippen MR) is 55.0 cm³/mol. The van der Waals surface area contributed by atoms with Gasteiger partial charge in [-0.25, -0.2) is 0 Å². The van der Waals surface area contributed by atoms with Crippen LogP contribution in [0.1, 0.15) is 22.3 Å². The Morgan fingerprint density at radius 2 is 1.89 bits per heavy atom. The summed E-state index contributed by atoms with van der Waals surface area (Å²) in [5.41, 5.74) is -0.987. The second-order valence-corrected chi connectivity index (χ2v) is 4.23. The SMILES string of the molecule is O=C(O)C1CC1C(=O)c1cccc(C(F)(F)F)c1. The number of rotatable bonds is 3. The molecule has 2 unspecified atom stereocenters. The van der Waals surface area contributed by atoms with Crippen molar-refractivity contribution in [3.8, 4) is 0 Å². The first-order chi connectivity index (χ1) is 8.30. The van der Waals surface area contributed by atoms with Crippen LogP contribution in [0.4, 0.5) is 13.2 Å². The number of carbonyl (C=O) groups is 2. The van der Waals surface area contributed by atoms with Crippen LogP contribution < -0.4 is 0 Å². The summed E-state index contributed by atoms with van der Waals surface area (Å²) in [7, 11) is 0. The van der Waals surface area contributed by atoms with Gasteiger partial charge in [0, 0.05) is 11.5 Å². The minimum atomic E-state index is -4.51. The summed E-state index contributed by atoms with van der Waals surface area (Å²) < 4.78 is 37.3. The number of carboxylic acids is 1. The Morgan fingerprint density at radius 1 is 1.22 bits per heavy atom. The number of hydrogen-bond donors (Lipinski definition) is 1. The fourth-order valence-corrected chi connectivity index (χ4v) is 1.82. The Balaban J connectivity index is 2.20. The van der Waals surface area contributed by atoms with Crippen molar-refractivity contribution in [1.82, 2.24) is 0 Å². The van der Waals surface area contributed by atoms with Crippen LogP contribution in [0.25, 0.3) is 0 Å². The van der Waals surface area contributed by atoms with Crippen LogP contribution in [0.2, 0.25) is 0 Å². The molecule has 0 aliphatic heterocycles. The molecule has 0 heterocycles. The lowest BCUT2D eigenvalue weighted by molar-refractivity contribution is -0.139. The lowest BCUT2D eigenvalue weighted by Crippen LogP contribution is -2.10. The summed E-state index contributed by atoms with van der Waals surface area (Å²) in [6.07, 6.45) is -4.31. The third-order valence-electron chi connectivity index (χ3n) is 2.92. The van der Waals surface area contributed by atoms with Crippen molar-refractivity contribution in [2.75, 3.05) is 0 Å². The number of ketones is 1. The second-order valence-electron chi connectivity index (χ2n) is 4.23. The highest BCUT2D eigenvalue weighted by atomic mass is 19.4. The van der Waals surface area contributed by atoms with E-state index in [0.29, 0.717) is 0 Å². The van der Waals surface area contributed by atoms with Crippen LogP contribution in [0.15, 0.2) is 24.3 Å². The highest BCUT2D eigenvalue weighted by molar-refractivity contribution is 6.02. The van der Waals surface area contributed by atoms with E-state index in [1.54, 1.807) is 0 Å². The Kier molecular flexibility index (Phi) is 2.88. The monoisotopic (exact) mass is 258 g/mol. The fraction of sp³-hybridized carbons (Fsp3) is 0.333. The van der Waals surface area contributed by atoms with Crippen LogP contribution >= 0.6 is 0 Å². The molecule has 1 aliphatic carbocycles. The van der Waals surface area contributed by atoms with Crippen molar-refractivity contribution in [3.05, 3.63) is 35.4 Å². The number of carboxylic acid groups (broad SMARTS) is 1. The van der Waals surface area contributed by atoms with Crippen LogP contribution in [-0.4, -0.2) is 16.9 Å². The highest BCUT2D eigenvalue weighted by Gasteiger charge is 2.48. The molecule has 0 amide bonds. The van der Waals surface area contributed by atoms with E-state index in [9.17, 15) is 22.8 Å². The van der Waals surface area contributed by atoms with Crippen molar-refractivity contribution in [3.63, 3.8) is 0 Å². The van der Waals surface area contributed by atoms with E-state index in [4.69, 9.17) is 5.11 Å². The van der Waals surface area contributed by atoms with E-state index in [0.717, 1.165) is 18.2 Å². The van der Waals surface area contributed by atoms with E-state index < -0.39 is 35.3 Å². The fourth-order valence-electron chi connectivity index (χ4n) is 1.82. The molecule has 96 valence electrons. The summed E-state index contributed by atoms with van der Waals surface area (Å²) in [6, 6.07) is 4.06. The quantitative estimate of drug-likeness (QED) is 0.848. The molecular formula is C12H9F3O3. The van der Waals surface area contributed by atoms with Gasteiger partial charge >= 0.3 is 12.1 Å². The maximum atomic E-state index is 12.4. The minimum Gasteiger partial charge on any atom is -0.481 e. The molecule has 1 aromatic rings. The average molecular weight is 258 g/mol. The largest absolute Gasteiger partial charge is 0.481 e. The average Bonchev–Trinajstić information content (AvgIpc) is 3.07. The van der Waals surface area contributed by atoms with Crippen molar-refractivity contribution in [2.24, 2.45) is 11.8 Å². The van der Waals surface area contributed by atoms with Gasteiger partial charge in [0.25, 0.3) is 0 Å². The molecule has 0 saturated heterocycles. The van der Waals surface area contributed by atoms with Crippen molar-refractivity contribution in [1.29, 1.82) is 0 Å². The summed E-state index contributed by atoms with van der Waals surface area (Å²) in [5.74, 6) is -3.06. The maximum absolute atomic E-state index is 12.4. The topological polar surface area (TPSA) is 54.4 Å². The summed E-state index contributed by atoms with van der Waals surface area (Å²) in [6.45, 7) is 0. The van der Waals surface area contributed by atoms with Gasteiger partial charge < -0.3 is 5.11 Å². The van der Waals surface area contributed by atoms with Gasteiger partial charge in [-0.05, 0) is 18.6 Å². The van der Waals surface area contributed by atoms with E-state index in [1.165, 1.54) is 6.07 Å². The molecule has 1 N–H and O–H groups in total. The third-order valence-corrected chi connectivity index (χ3v) is 2.92. The molecule has 0 bridgehead atoms. The number of hydrogen-bond acceptors (Lipinski definition) is 2. The molecule has 18 heavy (non-hydrogen) atoms. The first-order valence-corrected chi connectivity index (χ1v) is 5.25. The molecule has 1 fully saturated rings. The molecule has 6 heteroatoms. The Bertz CT molecular complexity index is 508. The summed E-state index contributed by atoms with van der Waals surface area (Å²) in [5, 5.41) is 8.67. The van der Waals surface area contributed by atoms with Crippen LogP contribution in [0, 0.1) is 11.8 Å². The lowest BCUT2D eigenvalue weighted by Gasteiger charge is -2.07. The highest BCUT2D eigenvalue weighted by Crippen LogP contribution is 2.41. The van der Waals surface area contributed by atoms with Crippen LogP contribution in [-0.2, 0) is 11.0 Å². The molecule has 2 atom stereocenters. The van der Waals surface area contributed by atoms with Gasteiger partial charge in [0.05, 0.1) is 11.5 Å². The Hall–Kier alpha value is -1.85. The van der Waals surface area contributed by atoms with E-state index in [2.05, 4.69) is 0 Å². The summed E-state index contributed by atoms with van der Waals surface area (Å²) in [4.78, 5) is 22.4. The summed E-state index contributed by atoms with van der Waals surface area (Å²) >= 11 is 0. The number of halogens is 3. The van der Waals surface area contributed by atoms with Gasteiger partial charge in [-0.3, -0.25) is 9.59 Å².